The first-order valence-corrected chi connectivity index (χ1v) is 5.22. The molecule has 1 amide bonds. The molecule has 2 aromatic rings. The summed E-state index contributed by atoms with van der Waals surface area (Å²) in [5, 5.41) is 12.0. The second-order valence-electron chi connectivity index (χ2n) is 3.63. The minimum absolute atomic E-state index is 0.123. The van der Waals surface area contributed by atoms with Crippen molar-refractivity contribution in [1.82, 2.24) is 4.98 Å². The second-order valence-corrected chi connectivity index (χ2v) is 3.63. The fraction of sp³-hybridized carbons (Fsp3) is 0.0769. The summed E-state index contributed by atoms with van der Waals surface area (Å²) in [5.74, 6) is 0.0426. The predicted octanol–water partition coefficient (Wildman–Crippen LogP) is 1.97. The van der Waals surface area contributed by atoms with Crippen LogP contribution < -0.4 is 5.32 Å². The topological polar surface area (TPSA) is 62.2 Å². The summed E-state index contributed by atoms with van der Waals surface area (Å²) in [4.78, 5) is 15.5. The summed E-state index contributed by atoms with van der Waals surface area (Å²) >= 11 is 0. The Morgan fingerprint density at radius 3 is 2.71 bits per heavy atom. The van der Waals surface area contributed by atoms with E-state index in [1.165, 1.54) is 0 Å². The van der Waals surface area contributed by atoms with Crippen molar-refractivity contribution in [2.24, 2.45) is 0 Å². The Morgan fingerprint density at radius 1 is 1.24 bits per heavy atom. The quantitative estimate of drug-likeness (QED) is 0.844. The van der Waals surface area contributed by atoms with E-state index in [1.807, 2.05) is 0 Å². The van der Waals surface area contributed by atoms with Gasteiger partial charge in [0.2, 0.25) is 5.91 Å². The Kier molecular flexibility index (Phi) is 3.35. The number of anilines is 1. The van der Waals surface area contributed by atoms with Gasteiger partial charge in [-0.3, -0.25) is 9.78 Å². The molecule has 1 aromatic heterocycles. The van der Waals surface area contributed by atoms with Crippen molar-refractivity contribution >= 4 is 11.6 Å². The van der Waals surface area contributed by atoms with E-state index in [9.17, 15) is 9.90 Å². The van der Waals surface area contributed by atoms with Gasteiger partial charge in [0.1, 0.15) is 5.75 Å². The van der Waals surface area contributed by atoms with Gasteiger partial charge >= 0.3 is 0 Å². The van der Waals surface area contributed by atoms with Crippen LogP contribution in [0.4, 0.5) is 5.69 Å². The molecule has 1 heterocycles. The molecule has 0 aliphatic heterocycles. The van der Waals surface area contributed by atoms with Crippen molar-refractivity contribution in [2.45, 2.75) is 6.42 Å². The zero-order valence-corrected chi connectivity index (χ0v) is 9.13. The lowest BCUT2D eigenvalue weighted by Crippen LogP contribution is -2.14. The number of nitrogens with zero attached hydrogens (tertiary/aromatic N) is 1. The number of aromatic nitrogens is 1. The van der Waals surface area contributed by atoms with E-state index >= 15 is 0 Å². The smallest absolute Gasteiger partial charge is 0.228 e. The van der Waals surface area contributed by atoms with Crippen molar-refractivity contribution < 1.29 is 9.90 Å². The van der Waals surface area contributed by atoms with E-state index in [1.54, 1.807) is 48.8 Å². The molecule has 0 radical (unpaired) electrons. The zero-order chi connectivity index (χ0) is 12.1. The van der Waals surface area contributed by atoms with Crippen LogP contribution in [0.2, 0.25) is 0 Å². The lowest BCUT2D eigenvalue weighted by atomic mass is 10.1. The Morgan fingerprint density at radius 2 is 2.00 bits per heavy atom. The van der Waals surface area contributed by atoms with Crippen LogP contribution >= 0.6 is 0 Å². The van der Waals surface area contributed by atoms with Gasteiger partial charge in [-0.1, -0.05) is 12.1 Å². The first-order chi connectivity index (χ1) is 8.24. The molecule has 0 bridgehead atoms. The molecule has 0 fully saturated rings. The number of phenols is 1. The van der Waals surface area contributed by atoms with Gasteiger partial charge in [-0.25, -0.2) is 0 Å². The normalized spacial score (nSPS) is 9.88. The van der Waals surface area contributed by atoms with E-state index < -0.39 is 0 Å². The third-order valence-electron chi connectivity index (χ3n) is 2.24. The number of rotatable bonds is 3. The highest BCUT2D eigenvalue weighted by Crippen LogP contribution is 2.12. The third kappa shape index (κ3) is 3.31. The molecule has 0 saturated carbocycles. The van der Waals surface area contributed by atoms with E-state index in [-0.39, 0.29) is 18.1 Å². The van der Waals surface area contributed by atoms with Crippen LogP contribution in [0.15, 0.2) is 48.8 Å². The van der Waals surface area contributed by atoms with Crippen LogP contribution in [0.25, 0.3) is 0 Å². The lowest BCUT2D eigenvalue weighted by Gasteiger charge is -2.04. The molecule has 2 N–H and O–H groups in total. The van der Waals surface area contributed by atoms with Gasteiger partial charge in [-0.2, -0.15) is 0 Å². The van der Waals surface area contributed by atoms with Crippen molar-refractivity contribution in [2.75, 3.05) is 5.32 Å². The largest absolute Gasteiger partial charge is 0.508 e. The number of carbonyl (C=O) groups excluding carboxylic acids is 1. The average Bonchev–Trinajstić information content (AvgIpc) is 2.30. The molecule has 2 rings (SSSR count). The number of nitrogens with one attached hydrogen (secondary N) is 1. The molecule has 17 heavy (non-hydrogen) atoms. The molecule has 0 atom stereocenters. The molecule has 0 saturated heterocycles. The maximum atomic E-state index is 11.7. The minimum Gasteiger partial charge on any atom is -0.508 e. The zero-order valence-electron chi connectivity index (χ0n) is 9.13. The van der Waals surface area contributed by atoms with Gasteiger partial charge in [-0.05, 0) is 29.8 Å². The number of hydrogen-bond donors (Lipinski definition) is 2. The molecule has 0 unspecified atom stereocenters. The average molecular weight is 228 g/mol. The van der Waals surface area contributed by atoms with Gasteiger partial charge in [-0.15, -0.1) is 0 Å². The minimum atomic E-state index is -0.123. The summed E-state index contributed by atoms with van der Waals surface area (Å²) in [7, 11) is 0. The molecule has 1 aromatic carbocycles. The Labute approximate surface area is 98.9 Å². The predicted molar refractivity (Wildman–Crippen MR) is 64.7 cm³/mol. The maximum Gasteiger partial charge on any atom is 0.228 e. The number of pyridine rings is 1. The van der Waals surface area contributed by atoms with Crippen molar-refractivity contribution in [3.05, 3.63) is 54.4 Å². The Balaban J connectivity index is 1.98. The summed E-state index contributed by atoms with van der Waals surface area (Å²) in [6.45, 7) is 0. The van der Waals surface area contributed by atoms with Gasteiger partial charge in [0.15, 0.2) is 0 Å². The van der Waals surface area contributed by atoms with Crippen LogP contribution in [-0.2, 0) is 11.2 Å². The van der Waals surface area contributed by atoms with E-state index in [0.29, 0.717) is 5.69 Å². The summed E-state index contributed by atoms with van der Waals surface area (Å²) in [6, 6.07) is 10.1. The van der Waals surface area contributed by atoms with Crippen molar-refractivity contribution in [3.8, 4) is 5.75 Å². The van der Waals surface area contributed by atoms with Crippen LogP contribution in [-0.4, -0.2) is 16.0 Å². The molecular formula is C13H12N2O2. The molecular weight excluding hydrogens is 216 g/mol. The highest BCUT2D eigenvalue weighted by molar-refractivity contribution is 5.92. The van der Waals surface area contributed by atoms with Crippen LogP contribution in [0.1, 0.15) is 5.56 Å². The number of amides is 1. The second kappa shape index (κ2) is 5.12. The van der Waals surface area contributed by atoms with E-state index in [4.69, 9.17) is 0 Å². The SMILES string of the molecule is O=C(Cc1cccc(O)c1)Nc1ccncc1. The standard InChI is InChI=1S/C13H12N2O2/c16-12-3-1-2-10(8-12)9-13(17)15-11-4-6-14-7-5-11/h1-8,16H,9H2,(H,14,15,17). The third-order valence-corrected chi connectivity index (χ3v) is 2.24. The van der Waals surface area contributed by atoms with Crippen LogP contribution in [0.5, 0.6) is 5.75 Å². The van der Waals surface area contributed by atoms with Crippen LogP contribution in [0.3, 0.4) is 0 Å². The summed E-state index contributed by atoms with van der Waals surface area (Å²) in [6.07, 6.45) is 3.46. The Hall–Kier alpha value is -2.36. The van der Waals surface area contributed by atoms with E-state index in [2.05, 4.69) is 10.3 Å². The first-order valence-electron chi connectivity index (χ1n) is 5.22. The molecule has 4 heteroatoms. The summed E-state index contributed by atoms with van der Waals surface area (Å²) in [5.41, 5.74) is 1.49. The summed E-state index contributed by atoms with van der Waals surface area (Å²) < 4.78 is 0. The lowest BCUT2D eigenvalue weighted by molar-refractivity contribution is -0.115. The molecule has 0 aliphatic rings. The van der Waals surface area contributed by atoms with E-state index in [0.717, 1.165) is 5.56 Å². The van der Waals surface area contributed by atoms with Gasteiger partial charge in [0.25, 0.3) is 0 Å². The highest BCUT2D eigenvalue weighted by Gasteiger charge is 2.04. The van der Waals surface area contributed by atoms with Crippen molar-refractivity contribution in [3.63, 3.8) is 0 Å². The highest BCUT2D eigenvalue weighted by atomic mass is 16.3. The van der Waals surface area contributed by atoms with Crippen LogP contribution in [0, 0.1) is 0 Å². The first kappa shape index (κ1) is 11.1. The number of carbonyl (C=O) groups is 1. The molecule has 4 nitrogen and oxygen atoms in total. The number of aromatic hydroxyl groups is 1. The van der Waals surface area contributed by atoms with Gasteiger partial charge in [0, 0.05) is 18.1 Å². The fourth-order valence-corrected chi connectivity index (χ4v) is 1.49. The number of hydrogen-bond acceptors (Lipinski definition) is 3. The van der Waals surface area contributed by atoms with Crippen molar-refractivity contribution in [1.29, 1.82) is 0 Å². The van der Waals surface area contributed by atoms with Gasteiger partial charge in [0.05, 0.1) is 6.42 Å². The molecule has 0 spiro atoms. The maximum absolute atomic E-state index is 11.7. The number of benzene rings is 1. The molecule has 86 valence electrons. The monoisotopic (exact) mass is 228 g/mol. The fourth-order valence-electron chi connectivity index (χ4n) is 1.49. The number of phenolic OH excluding ortho intramolecular Hbond substituents is 1. The van der Waals surface area contributed by atoms with Gasteiger partial charge < -0.3 is 10.4 Å². The molecule has 0 aliphatic carbocycles. The Bertz CT molecular complexity index is 512.